The van der Waals surface area contributed by atoms with Crippen molar-refractivity contribution < 1.29 is 0 Å². The van der Waals surface area contributed by atoms with E-state index in [2.05, 4.69) is 325 Å². The minimum atomic E-state index is -0.477. The third-order valence-corrected chi connectivity index (χ3v) is 20.2. The summed E-state index contributed by atoms with van der Waals surface area (Å²) in [5, 5.41) is 4.77. The zero-order valence-electron chi connectivity index (χ0n) is 49.9. The summed E-state index contributed by atoms with van der Waals surface area (Å²) in [7, 11) is 0. The first-order valence-electron chi connectivity index (χ1n) is 31.5. The van der Waals surface area contributed by atoms with E-state index in [1.807, 2.05) is 13.1 Å². The fourth-order valence-corrected chi connectivity index (χ4v) is 16.4. The van der Waals surface area contributed by atoms with Gasteiger partial charge in [-0.3, -0.25) is 4.98 Å². The number of aromatic nitrogens is 2. The lowest BCUT2D eigenvalue weighted by molar-refractivity contribution is 0.793. The number of hydrogen-bond acceptors (Lipinski definition) is 4. The summed E-state index contributed by atoms with van der Waals surface area (Å²) in [6, 6.07) is 117. The van der Waals surface area contributed by atoms with E-state index in [4.69, 9.17) is 9.97 Å². The van der Waals surface area contributed by atoms with Crippen LogP contribution in [-0.2, 0) is 10.8 Å². The third kappa shape index (κ3) is 7.33. The Morgan fingerprint density at radius 3 is 0.901 bits per heavy atom. The minimum absolute atomic E-state index is 0.476. The molecule has 91 heavy (non-hydrogen) atoms. The van der Waals surface area contributed by atoms with Crippen LogP contribution in [0.2, 0.25) is 0 Å². The Balaban J connectivity index is 0.724. The highest BCUT2D eigenvalue weighted by Crippen LogP contribution is 2.65. The fraction of sp³-hybridized carbons (Fsp3) is 0.0345. The number of rotatable bonds is 8. The zero-order chi connectivity index (χ0) is 59.9. The second-order valence-electron chi connectivity index (χ2n) is 24.8. The normalized spacial score (nSPS) is 13.5. The molecule has 0 amide bonds. The number of aryl methyl sites for hydroxylation is 1. The summed E-state index contributed by atoms with van der Waals surface area (Å²) in [5.74, 6) is 0. The molecule has 0 bridgehead atoms. The van der Waals surface area contributed by atoms with Crippen LogP contribution in [0.15, 0.2) is 322 Å². The molecule has 0 saturated heterocycles. The average Bonchev–Trinajstić information content (AvgIpc) is 1.52. The molecule has 4 nitrogen and oxygen atoms in total. The van der Waals surface area contributed by atoms with E-state index in [1.54, 1.807) is 0 Å². The topological polar surface area (TPSA) is 32.3 Å². The molecular weight excluding hydrogens is 1100 g/mol. The molecule has 0 aliphatic heterocycles. The minimum Gasteiger partial charge on any atom is -0.310 e. The Kier molecular flexibility index (Phi) is 11.1. The molecule has 4 aliphatic rings. The molecule has 0 radical (unpaired) electrons. The van der Waals surface area contributed by atoms with Gasteiger partial charge in [-0.15, -0.1) is 0 Å². The molecular formula is C87H56N4. The average molecular weight is 1160 g/mol. The zero-order valence-corrected chi connectivity index (χ0v) is 49.9. The van der Waals surface area contributed by atoms with Crippen LogP contribution in [-0.4, -0.2) is 9.97 Å². The van der Waals surface area contributed by atoms with Gasteiger partial charge in [0, 0.05) is 51.4 Å². The summed E-state index contributed by atoms with van der Waals surface area (Å²) in [5.41, 5.74) is 30.8. The van der Waals surface area contributed by atoms with Crippen molar-refractivity contribution >= 4 is 55.7 Å². The molecule has 4 heteroatoms. The van der Waals surface area contributed by atoms with Gasteiger partial charge in [-0.2, -0.15) is 0 Å². The molecule has 4 aliphatic carbocycles. The molecule has 0 atom stereocenters. The van der Waals surface area contributed by atoms with Crippen LogP contribution in [0.4, 0.5) is 34.1 Å². The van der Waals surface area contributed by atoms with Crippen molar-refractivity contribution in [2.45, 2.75) is 17.8 Å². The van der Waals surface area contributed by atoms with E-state index >= 15 is 0 Å². The molecule has 19 rings (SSSR count). The second-order valence-corrected chi connectivity index (χ2v) is 24.8. The molecule has 0 fully saturated rings. The number of fused-ring (bicyclic) bond motifs is 22. The first-order chi connectivity index (χ1) is 45.0. The largest absolute Gasteiger partial charge is 0.310 e. The van der Waals surface area contributed by atoms with Crippen molar-refractivity contribution in [3.05, 3.63) is 372 Å². The maximum atomic E-state index is 5.29. The summed E-state index contributed by atoms with van der Waals surface area (Å²) in [4.78, 5) is 15.3. The lowest BCUT2D eigenvalue weighted by Crippen LogP contribution is -2.26. The first-order valence-corrected chi connectivity index (χ1v) is 31.5. The van der Waals surface area contributed by atoms with Crippen molar-refractivity contribution in [3.63, 3.8) is 0 Å². The van der Waals surface area contributed by atoms with Crippen molar-refractivity contribution in [2.24, 2.45) is 0 Å². The standard InChI is InChI=1S/C87H56N4/c1-55-54-88-84(58-36-40-62(41-37-58)90(64-44-34-56-18-2-4-20-60(56)50-64)66-46-48-74-72-26-10-16-32-80(72)86(82(74)52-66)76-28-12-6-22-68(76)69-23-7-13-29-77(69)86)85(89-55)59-38-42-63(43-39-59)91(65-45-35-57-19-3-5-21-61(57)51-65)67-47-49-75-73-27-11-17-33-81(73)87(83(75)53-67)78-30-14-8-24-70(78)71-25-9-15-31-79(71)87/h2-54H,1H3. The quantitative estimate of drug-likeness (QED) is 0.152. The molecule has 0 saturated carbocycles. The summed E-state index contributed by atoms with van der Waals surface area (Å²) < 4.78 is 0. The molecule has 2 spiro atoms. The lowest BCUT2D eigenvalue weighted by Gasteiger charge is -2.32. The van der Waals surface area contributed by atoms with Crippen molar-refractivity contribution in [1.29, 1.82) is 0 Å². The van der Waals surface area contributed by atoms with Crippen LogP contribution in [0.1, 0.15) is 50.2 Å². The molecule has 15 aromatic rings. The number of benzene rings is 14. The Hall–Kier alpha value is -11.7. The lowest BCUT2D eigenvalue weighted by atomic mass is 9.70. The highest BCUT2D eigenvalue weighted by Gasteiger charge is 2.53. The summed E-state index contributed by atoms with van der Waals surface area (Å²) >= 11 is 0. The maximum absolute atomic E-state index is 5.29. The monoisotopic (exact) mass is 1160 g/mol. The van der Waals surface area contributed by atoms with Crippen LogP contribution in [0, 0.1) is 6.92 Å². The maximum Gasteiger partial charge on any atom is 0.0968 e. The molecule has 0 unspecified atom stereocenters. The Morgan fingerprint density at radius 2 is 0.527 bits per heavy atom. The van der Waals surface area contributed by atoms with E-state index in [-0.39, 0.29) is 0 Å². The van der Waals surface area contributed by atoms with Crippen LogP contribution in [0.5, 0.6) is 0 Å². The van der Waals surface area contributed by atoms with Crippen LogP contribution in [0.3, 0.4) is 0 Å². The van der Waals surface area contributed by atoms with Gasteiger partial charge in [0.05, 0.1) is 27.9 Å². The predicted octanol–water partition coefficient (Wildman–Crippen LogP) is 22.1. The third-order valence-electron chi connectivity index (χ3n) is 20.2. The molecule has 14 aromatic carbocycles. The molecule has 0 N–H and O–H groups in total. The fourth-order valence-electron chi connectivity index (χ4n) is 16.4. The van der Waals surface area contributed by atoms with Gasteiger partial charge in [-0.25, -0.2) is 4.98 Å². The van der Waals surface area contributed by atoms with Crippen LogP contribution < -0.4 is 9.80 Å². The van der Waals surface area contributed by atoms with Gasteiger partial charge in [0.2, 0.25) is 0 Å². The second kappa shape index (κ2) is 19.6. The summed E-state index contributed by atoms with van der Waals surface area (Å²) in [6.07, 6.45) is 1.89. The van der Waals surface area contributed by atoms with Gasteiger partial charge in [0.1, 0.15) is 0 Å². The molecule has 424 valence electrons. The SMILES string of the molecule is Cc1cnc(-c2ccc(N(c3ccc4c(c3)C3(c5ccccc5-c5ccccc53)c3ccccc3-4)c3ccc4ccccc4c3)cc2)c(-c2ccc(N(c3ccc4c(c3)C3(c5ccccc5-c5ccccc53)c3ccccc3-4)c3ccc4ccccc4c3)cc2)n1. The van der Waals surface area contributed by atoms with Gasteiger partial charge >= 0.3 is 0 Å². The molecule has 1 aromatic heterocycles. The van der Waals surface area contributed by atoms with Crippen LogP contribution >= 0.6 is 0 Å². The number of nitrogens with zero attached hydrogens (tertiary/aromatic N) is 4. The van der Waals surface area contributed by atoms with E-state index < -0.39 is 10.8 Å². The summed E-state index contributed by atoms with van der Waals surface area (Å²) in [6.45, 7) is 2.03. The first kappa shape index (κ1) is 51.3. The smallest absolute Gasteiger partial charge is 0.0968 e. The van der Waals surface area contributed by atoms with Gasteiger partial charge in [0.15, 0.2) is 0 Å². The highest BCUT2D eigenvalue weighted by molar-refractivity contribution is 6.00. The van der Waals surface area contributed by atoms with Gasteiger partial charge in [-0.1, -0.05) is 243 Å². The Morgan fingerprint density at radius 1 is 0.242 bits per heavy atom. The van der Waals surface area contributed by atoms with Crippen molar-refractivity contribution in [3.8, 4) is 67.0 Å². The van der Waals surface area contributed by atoms with Crippen LogP contribution in [0.25, 0.3) is 88.6 Å². The van der Waals surface area contributed by atoms with Crippen molar-refractivity contribution in [2.75, 3.05) is 9.80 Å². The van der Waals surface area contributed by atoms with E-state index in [1.165, 1.54) is 111 Å². The van der Waals surface area contributed by atoms with E-state index in [9.17, 15) is 0 Å². The number of anilines is 6. The van der Waals surface area contributed by atoms with Gasteiger partial charge in [0.25, 0.3) is 0 Å². The Labute approximate surface area is 529 Å². The van der Waals surface area contributed by atoms with Gasteiger partial charge < -0.3 is 9.80 Å². The van der Waals surface area contributed by atoms with Gasteiger partial charge in [-0.05, 0) is 190 Å². The van der Waals surface area contributed by atoms with Crippen molar-refractivity contribution in [1.82, 2.24) is 9.97 Å². The molecule has 1 heterocycles. The Bertz CT molecular complexity index is 5400. The predicted molar refractivity (Wildman–Crippen MR) is 375 cm³/mol. The van der Waals surface area contributed by atoms with E-state index in [0.717, 1.165) is 62.3 Å². The highest BCUT2D eigenvalue weighted by atomic mass is 15.1. The van der Waals surface area contributed by atoms with E-state index in [0.29, 0.717) is 0 Å². The number of hydrogen-bond donors (Lipinski definition) is 0.